The van der Waals surface area contributed by atoms with Gasteiger partial charge in [0, 0.05) is 45.2 Å². The van der Waals surface area contributed by atoms with Crippen molar-refractivity contribution in [1.29, 1.82) is 0 Å². The Balaban J connectivity index is 1.40. The summed E-state index contributed by atoms with van der Waals surface area (Å²) in [7, 11) is 0. The molecule has 0 aromatic heterocycles. The molecule has 5 nitrogen and oxygen atoms in total. The zero-order valence-electron chi connectivity index (χ0n) is 15.6. The van der Waals surface area contributed by atoms with E-state index in [4.69, 9.17) is 4.74 Å². The van der Waals surface area contributed by atoms with E-state index in [1.807, 2.05) is 0 Å². The van der Waals surface area contributed by atoms with Gasteiger partial charge in [0.25, 0.3) is 0 Å². The first kappa shape index (κ1) is 18.2. The highest BCUT2D eigenvalue weighted by atomic mass is 16.5. The van der Waals surface area contributed by atoms with Crippen molar-refractivity contribution in [1.82, 2.24) is 15.1 Å². The predicted octanol–water partition coefficient (Wildman–Crippen LogP) is 2.04. The Morgan fingerprint density at radius 3 is 2.76 bits per heavy atom. The first-order valence-corrected chi connectivity index (χ1v) is 9.62. The van der Waals surface area contributed by atoms with Gasteiger partial charge in [-0.25, -0.2) is 0 Å². The van der Waals surface area contributed by atoms with Crippen molar-refractivity contribution in [3.05, 3.63) is 29.3 Å². The van der Waals surface area contributed by atoms with Crippen LogP contribution in [-0.4, -0.2) is 61.1 Å². The van der Waals surface area contributed by atoms with Gasteiger partial charge in [-0.05, 0) is 30.5 Å². The Morgan fingerprint density at radius 1 is 1.24 bits per heavy atom. The molecule has 0 saturated carbocycles. The second-order valence-corrected chi connectivity index (χ2v) is 7.35. The van der Waals surface area contributed by atoms with Gasteiger partial charge in [0.05, 0.1) is 13.2 Å². The number of carbonyl (C=O) groups is 1. The summed E-state index contributed by atoms with van der Waals surface area (Å²) in [5.41, 5.74) is 2.71. The summed E-state index contributed by atoms with van der Waals surface area (Å²) in [6.07, 6.45) is 3.18. The minimum Gasteiger partial charge on any atom is -0.493 e. The third kappa shape index (κ3) is 5.19. The SMILES string of the molecule is CCC[C@@H](C)NC(=O)CN1CCN(Cc2ccc3c(c2)CCO3)CC1. The highest BCUT2D eigenvalue weighted by Gasteiger charge is 2.20. The molecule has 0 unspecified atom stereocenters. The van der Waals surface area contributed by atoms with Gasteiger partial charge in [-0.3, -0.25) is 14.6 Å². The van der Waals surface area contributed by atoms with Gasteiger partial charge in [-0.1, -0.05) is 25.5 Å². The molecule has 25 heavy (non-hydrogen) atoms. The number of hydrogen-bond acceptors (Lipinski definition) is 4. The first-order valence-electron chi connectivity index (χ1n) is 9.62. The fourth-order valence-corrected chi connectivity index (χ4v) is 3.73. The molecule has 0 spiro atoms. The Hall–Kier alpha value is -1.59. The number of amides is 1. The molecule has 1 aromatic rings. The molecule has 2 aliphatic heterocycles. The van der Waals surface area contributed by atoms with Crippen LogP contribution in [0.5, 0.6) is 5.75 Å². The Kier molecular flexibility index (Phi) is 6.32. The van der Waals surface area contributed by atoms with Gasteiger partial charge in [0.1, 0.15) is 5.75 Å². The standard InChI is InChI=1S/C20H31N3O2/c1-3-4-16(2)21-20(24)15-23-10-8-22(9-11-23)14-17-5-6-19-18(13-17)7-12-25-19/h5-6,13,16H,3-4,7-12,14-15H2,1-2H3,(H,21,24)/t16-/m1/s1. The number of rotatable bonds is 7. The number of fused-ring (bicyclic) bond motifs is 1. The third-order valence-corrected chi connectivity index (χ3v) is 5.12. The quantitative estimate of drug-likeness (QED) is 0.821. The van der Waals surface area contributed by atoms with E-state index < -0.39 is 0 Å². The number of piperazine rings is 1. The number of carbonyl (C=O) groups excluding carboxylic acids is 1. The molecule has 2 aliphatic rings. The highest BCUT2D eigenvalue weighted by Crippen LogP contribution is 2.26. The van der Waals surface area contributed by atoms with Crippen molar-refractivity contribution in [2.75, 3.05) is 39.3 Å². The van der Waals surface area contributed by atoms with Gasteiger partial charge < -0.3 is 10.1 Å². The molecule has 1 atom stereocenters. The smallest absolute Gasteiger partial charge is 0.234 e. The van der Waals surface area contributed by atoms with Crippen LogP contribution in [0.2, 0.25) is 0 Å². The van der Waals surface area contributed by atoms with E-state index in [9.17, 15) is 4.79 Å². The molecule has 1 saturated heterocycles. The lowest BCUT2D eigenvalue weighted by Gasteiger charge is -2.34. The van der Waals surface area contributed by atoms with Crippen molar-refractivity contribution in [3.8, 4) is 5.75 Å². The largest absolute Gasteiger partial charge is 0.493 e. The van der Waals surface area contributed by atoms with Crippen LogP contribution in [0, 0.1) is 0 Å². The molecule has 1 fully saturated rings. The maximum atomic E-state index is 12.1. The monoisotopic (exact) mass is 345 g/mol. The van der Waals surface area contributed by atoms with Crippen molar-refractivity contribution in [2.24, 2.45) is 0 Å². The van der Waals surface area contributed by atoms with Crippen LogP contribution in [0.25, 0.3) is 0 Å². The van der Waals surface area contributed by atoms with E-state index in [0.29, 0.717) is 6.54 Å². The van der Waals surface area contributed by atoms with E-state index in [2.05, 4.69) is 47.2 Å². The summed E-state index contributed by atoms with van der Waals surface area (Å²) < 4.78 is 5.58. The van der Waals surface area contributed by atoms with E-state index in [0.717, 1.165) is 64.3 Å². The molecule has 0 aliphatic carbocycles. The van der Waals surface area contributed by atoms with Crippen LogP contribution in [0.15, 0.2) is 18.2 Å². The number of nitrogens with zero attached hydrogens (tertiary/aromatic N) is 2. The van der Waals surface area contributed by atoms with E-state index >= 15 is 0 Å². The summed E-state index contributed by atoms with van der Waals surface area (Å²) in [5.74, 6) is 1.21. The number of nitrogens with one attached hydrogen (secondary N) is 1. The fraction of sp³-hybridized carbons (Fsp3) is 0.650. The van der Waals surface area contributed by atoms with Crippen molar-refractivity contribution in [2.45, 2.75) is 45.7 Å². The second kappa shape index (κ2) is 8.68. The van der Waals surface area contributed by atoms with E-state index in [-0.39, 0.29) is 11.9 Å². The minimum absolute atomic E-state index is 0.160. The normalized spacial score (nSPS) is 19.3. The molecular weight excluding hydrogens is 314 g/mol. The molecular formula is C20H31N3O2. The number of benzene rings is 1. The molecule has 3 rings (SSSR count). The third-order valence-electron chi connectivity index (χ3n) is 5.12. The van der Waals surface area contributed by atoms with Crippen LogP contribution >= 0.6 is 0 Å². The minimum atomic E-state index is 0.160. The lowest BCUT2D eigenvalue weighted by Crippen LogP contribution is -2.49. The van der Waals surface area contributed by atoms with Gasteiger partial charge in [-0.2, -0.15) is 0 Å². The first-order chi connectivity index (χ1) is 12.1. The molecule has 1 amide bonds. The lowest BCUT2D eigenvalue weighted by atomic mass is 10.1. The van der Waals surface area contributed by atoms with E-state index in [1.165, 1.54) is 11.1 Å². The zero-order chi connectivity index (χ0) is 17.6. The lowest BCUT2D eigenvalue weighted by molar-refractivity contribution is -0.123. The summed E-state index contributed by atoms with van der Waals surface area (Å²) >= 11 is 0. The van der Waals surface area contributed by atoms with Crippen molar-refractivity contribution < 1.29 is 9.53 Å². The fourth-order valence-electron chi connectivity index (χ4n) is 3.73. The van der Waals surface area contributed by atoms with Crippen LogP contribution in [0.1, 0.15) is 37.8 Å². The Bertz CT molecular complexity index is 582. The second-order valence-electron chi connectivity index (χ2n) is 7.35. The van der Waals surface area contributed by atoms with Gasteiger partial charge in [0.15, 0.2) is 0 Å². The molecule has 5 heteroatoms. The zero-order valence-corrected chi connectivity index (χ0v) is 15.6. The van der Waals surface area contributed by atoms with Crippen LogP contribution in [-0.2, 0) is 17.8 Å². The Morgan fingerprint density at radius 2 is 2.00 bits per heavy atom. The molecule has 0 bridgehead atoms. The topological polar surface area (TPSA) is 44.8 Å². The Labute approximate surface area is 151 Å². The van der Waals surface area contributed by atoms with Gasteiger partial charge in [0.2, 0.25) is 5.91 Å². The maximum Gasteiger partial charge on any atom is 0.234 e. The van der Waals surface area contributed by atoms with Gasteiger partial charge >= 0.3 is 0 Å². The summed E-state index contributed by atoms with van der Waals surface area (Å²) in [5, 5.41) is 3.10. The van der Waals surface area contributed by atoms with Crippen LogP contribution in [0.4, 0.5) is 0 Å². The van der Waals surface area contributed by atoms with Crippen molar-refractivity contribution in [3.63, 3.8) is 0 Å². The molecule has 1 N–H and O–H groups in total. The van der Waals surface area contributed by atoms with Crippen LogP contribution in [0.3, 0.4) is 0 Å². The molecule has 2 heterocycles. The summed E-state index contributed by atoms with van der Waals surface area (Å²) in [6, 6.07) is 6.86. The highest BCUT2D eigenvalue weighted by molar-refractivity contribution is 5.78. The van der Waals surface area contributed by atoms with Crippen molar-refractivity contribution >= 4 is 5.91 Å². The van der Waals surface area contributed by atoms with Gasteiger partial charge in [-0.15, -0.1) is 0 Å². The summed E-state index contributed by atoms with van der Waals surface area (Å²) in [4.78, 5) is 16.8. The number of ether oxygens (including phenoxy) is 1. The van der Waals surface area contributed by atoms with E-state index in [1.54, 1.807) is 0 Å². The number of hydrogen-bond donors (Lipinski definition) is 1. The van der Waals surface area contributed by atoms with Crippen LogP contribution < -0.4 is 10.1 Å². The molecule has 1 aromatic carbocycles. The maximum absolute atomic E-state index is 12.1. The average molecular weight is 345 g/mol. The molecule has 0 radical (unpaired) electrons. The molecule has 138 valence electrons. The predicted molar refractivity (Wildman–Crippen MR) is 99.9 cm³/mol. The average Bonchev–Trinajstić information content (AvgIpc) is 3.04. The summed E-state index contributed by atoms with van der Waals surface area (Å²) in [6.45, 7) is 10.5.